The second-order valence-electron chi connectivity index (χ2n) is 1.97. The van der Waals surface area contributed by atoms with Crippen LogP contribution in [-0.4, -0.2) is 14.9 Å². The molecule has 0 fully saturated rings. The molecule has 5 nitrogen and oxygen atoms in total. The van der Waals surface area contributed by atoms with Crippen molar-refractivity contribution in [3.8, 4) is 0 Å². The van der Waals surface area contributed by atoms with Gasteiger partial charge in [-0.25, -0.2) is 9.97 Å². The van der Waals surface area contributed by atoms with Crippen LogP contribution in [0, 0.1) is 17.0 Å². The van der Waals surface area contributed by atoms with Crippen molar-refractivity contribution >= 4 is 37.5 Å². The second kappa shape index (κ2) is 3.44. The summed E-state index contributed by atoms with van der Waals surface area (Å²) in [7, 11) is 0. The molecule has 64 valence electrons. The summed E-state index contributed by atoms with van der Waals surface area (Å²) >= 11 is 6.00. The van der Waals surface area contributed by atoms with Crippen LogP contribution in [0.1, 0.15) is 5.69 Å². The highest BCUT2D eigenvalue weighted by Crippen LogP contribution is 2.26. The smallest absolute Gasteiger partial charge is 0.258 e. The van der Waals surface area contributed by atoms with Crippen molar-refractivity contribution in [2.75, 3.05) is 0 Å². The Morgan fingerprint density at radius 1 is 1.42 bits per heavy atom. The van der Waals surface area contributed by atoms with E-state index in [1.165, 1.54) is 0 Å². The van der Waals surface area contributed by atoms with Gasteiger partial charge in [0.15, 0.2) is 9.34 Å². The lowest BCUT2D eigenvalue weighted by molar-refractivity contribution is -0.387. The molecule has 7 heteroatoms. The van der Waals surface area contributed by atoms with Crippen molar-refractivity contribution in [2.24, 2.45) is 0 Å². The Bertz CT molecular complexity index is 318. The molecule has 0 atom stereocenters. The minimum absolute atomic E-state index is 0.0989. The maximum absolute atomic E-state index is 10.4. The molecule has 0 saturated heterocycles. The maximum atomic E-state index is 10.4. The van der Waals surface area contributed by atoms with Crippen LogP contribution in [0.3, 0.4) is 0 Å². The van der Waals surface area contributed by atoms with Crippen molar-refractivity contribution in [3.63, 3.8) is 0 Å². The van der Waals surface area contributed by atoms with E-state index >= 15 is 0 Å². The first-order valence-corrected chi connectivity index (χ1v) is 4.45. The molecule has 1 aromatic heterocycles. The molecule has 0 N–H and O–H groups in total. The van der Waals surface area contributed by atoms with Crippen LogP contribution in [0.2, 0.25) is 0 Å². The molecule has 0 aliphatic heterocycles. The van der Waals surface area contributed by atoms with Gasteiger partial charge in [-0.1, -0.05) is 0 Å². The summed E-state index contributed by atoms with van der Waals surface area (Å²) < 4.78 is 0.518. The fourth-order valence-corrected chi connectivity index (χ4v) is 1.99. The van der Waals surface area contributed by atoms with Gasteiger partial charge in [0, 0.05) is 0 Å². The summed E-state index contributed by atoms with van der Waals surface area (Å²) in [6.07, 6.45) is 0. The van der Waals surface area contributed by atoms with Crippen LogP contribution in [-0.2, 0) is 0 Å². The van der Waals surface area contributed by atoms with E-state index in [2.05, 4.69) is 41.8 Å². The minimum Gasteiger partial charge on any atom is -0.258 e. The number of hydrogen-bond donors (Lipinski definition) is 0. The molecular formula is C5H3Br2N3O2. The van der Waals surface area contributed by atoms with Crippen LogP contribution in [0.5, 0.6) is 0 Å². The third-order valence-electron chi connectivity index (χ3n) is 1.17. The SMILES string of the molecule is Cc1nc(Br)nc(Br)c1[N+](=O)[O-]. The van der Waals surface area contributed by atoms with Crippen molar-refractivity contribution < 1.29 is 4.92 Å². The largest absolute Gasteiger partial charge is 0.323 e. The number of halogens is 2. The molecule has 1 rings (SSSR count). The van der Waals surface area contributed by atoms with E-state index in [-0.39, 0.29) is 10.3 Å². The predicted octanol–water partition coefficient (Wildman–Crippen LogP) is 2.22. The third-order valence-corrected chi connectivity index (χ3v) is 2.08. The van der Waals surface area contributed by atoms with E-state index in [0.717, 1.165) is 0 Å². The fraction of sp³-hybridized carbons (Fsp3) is 0.200. The molecule has 0 aliphatic rings. The van der Waals surface area contributed by atoms with E-state index < -0.39 is 4.92 Å². The lowest BCUT2D eigenvalue weighted by Crippen LogP contribution is -1.98. The number of nitrogens with zero attached hydrogens (tertiary/aromatic N) is 3. The first-order chi connectivity index (χ1) is 5.52. The summed E-state index contributed by atoms with van der Waals surface area (Å²) in [5.41, 5.74) is 0.229. The van der Waals surface area contributed by atoms with Gasteiger partial charge in [-0.3, -0.25) is 10.1 Å². The van der Waals surface area contributed by atoms with Crippen molar-refractivity contribution in [2.45, 2.75) is 6.92 Å². The monoisotopic (exact) mass is 295 g/mol. The summed E-state index contributed by atoms with van der Waals surface area (Å²) in [5.74, 6) is 0. The Kier molecular flexibility index (Phi) is 2.73. The van der Waals surface area contributed by atoms with E-state index in [9.17, 15) is 10.1 Å². The highest BCUT2D eigenvalue weighted by Gasteiger charge is 2.18. The van der Waals surface area contributed by atoms with E-state index in [1.807, 2.05) is 0 Å². The van der Waals surface area contributed by atoms with Crippen LogP contribution >= 0.6 is 31.9 Å². The third kappa shape index (κ3) is 1.78. The molecule has 0 amide bonds. The Morgan fingerprint density at radius 3 is 2.42 bits per heavy atom. The Hall–Kier alpha value is -0.560. The molecule has 1 aromatic rings. The zero-order valence-corrected chi connectivity index (χ0v) is 9.09. The number of aryl methyl sites for hydroxylation is 1. The average Bonchev–Trinajstić information content (AvgIpc) is 1.82. The zero-order valence-electron chi connectivity index (χ0n) is 5.91. The highest BCUT2D eigenvalue weighted by molar-refractivity contribution is 9.11. The molecule has 0 aliphatic carbocycles. The van der Waals surface area contributed by atoms with Crippen LogP contribution < -0.4 is 0 Å². The topological polar surface area (TPSA) is 68.9 Å². The van der Waals surface area contributed by atoms with Gasteiger partial charge in [-0.15, -0.1) is 0 Å². The van der Waals surface area contributed by atoms with Crippen LogP contribution in [0.15, 0.2) is 9.34 Å². The second-order valence-corrected chi connectivity index (χ2v) is 3.43. The number of nitro groups is 1. The zero-order chi connectivity index (χ0) is 9.30. The molecule has 1 heterocycles. The average molecular weight is 297 g/mol. The molecule has 0 aromatic carbocycles. The van der Waals surface area contributed by atoms with Gasteiger partial charge >= 0.3 is 5.69 Å². The quantitative estimate of drug-likeness (QED) is 0.345. The lowest BCUT2D eigenvalue weighted by Gasteiger charge is -1.97. The summed E-state index contributed by atoms with van der Waals surface area (Å²) in [6, 6.07) is 0. The van der Waals surface area contributed by atoms with Gasteiger partial charge in [0.1, 0.15) is 5.69 Å². The van der Waals surface area contributed by atoms with Gasteiger partial charge in [0.05, 0.1) is 4.92 Å². The van der Waals surface area contributed by atoms with Gasteiger partial charge in [0.2, 0.25) is 0 Å². The molecule has 0 saturated carbocycles. The summed E-state index contributed by atoms with van der Waals surface area (Å²) in [5, 5.41) is 10.4. The number of aromatic nitrogens is 2. The number of rotatable bonds is 1. The normalized spacial score (nSPS) is 9.92. The molecule has 0 unspecified atom stereocenters. The van der Waals surface area contributed by atoms with Gasteiger partial charge < -0.3 is 0 Å². The van der Waals surface area contributed by atoms with E-state index in [1.54, 1.807) is 6.92 Å². The predicted molar refractivity (Wildman–Crippen MR) is 48.8 cm³/mol. The minimum atomic E-state index is -0.522. The number of hydrogen-bond acceptors (Lipinski definition) is 4. The first kappa shape index (κ1) is 9.53. The Balaban J connectivity index is 3.38. The Labute approximate surface area is 84.6 Å². The van der Waals surface area contributed by atoms with Gasteiger partial charge in [-0.05, 0) is 38.8 Å². The Morgan fingerprint density at radius 2 is 2.00 bits per heavy atom. The van der Waals surface area contributed by atoms with Gasteiger partial charge in [0.25, 0.3) is 0 Å². The molecule has 0 spiro atoms. The van der Waals surface area contributed by atoms with Crippen molar-refractivity contribution in [1.82, 2.24) is 9.97 Å². The van der Waals surface area contributed by atoms with Crippen LogP contribution in [0.4, 0.5) is 5.69 Å². The molecule has 0 bridgehead atoms. The molecule has 12 heavy (non-hydrogen) atoms. The summed E-state index contributed by atoms with van der Waals surface area (Å²) in [6.45, 7) is 1.55. The van der Waals surface area contributed by atoms with Crippen LogP contribution in [0.25, 0.3) is 0 Å². The van der Waals surface area contributed by atoms with Crippen molar-refractivity contribution in [1.29, 1.82) is 0 Å². The molecule has 0 radical (unpaired) electrons. The maximum Gasteiger partial charge on any atom is 0.323 e. The summed E-state index contributed by atoms with van der Waals surface area (Å²) in [4.78, 5) is 17.4. The van der Waals surface area contributed by atoms with E-state index in [0.29, 0.717) is 10.4 Å². The van der Waals surface area contributed by atoms with Crippen molar-refractivity contribution in [3.05, 3.63) is 25.1 Å². The highest BCUT2D eigenvalue weighted by atomic mass is 79.9. The standard InChI is InChI=1S/C5H3Br2N3O2/c1-2-3(10(11)12)4(6)9-5(7)8-2/h1H3. The lowest BCUT2D eigenvalue weighted by atomic mass is 10.4. The fourth-order valence-electron chi connectivity index (χ4n) is 0.707. The first-order valence-electron chi connectivity index (χ1n) is 2.86. The van der Waals surface area contributed by atoms with E-state index in [4.69, 9.17) is 0 Å². The van der Waals surface area contributed by atoms with Gasteiger partial charge in [-0.2, -0.15) is 0 Å². The molecular weight excluding hydrogens is 294 g/mol.